The molecule has 0 aliphatic heterocycles. The molecule has 0 fully saturated rings. The van der Waals surface area contributed by atoms with E-state index in [0.29, 0.717) is 12.5 Å². The second-order valence-corrected chi connectivity index (χ2v) is 9.26. The summed E-state index contributed by atoms with van der Waals surface area (Å²) < 4.78 is 10.7. The zero-order valence-electron chi connectivity index (χ0n) is 17.1. The predicted octanol–water partition coefficient (Wildman–Crippen LogP) is 5.79. The number of rotatable bonds is 5. The Labute approximate surface area is 172 Å². The normalized spacial score (nSPS) is 16.2. The summed E-state index contributed by atoms with van der Waals surface area (Å²) in [5, 5.41) is 2.94. The minimum absolute atomic E-state index is 0.340. The molecule has 0 heterocycles. The van der Waals surface area contributed by atoms with Crippen molar-refractivity contribution in [2.75, 3.05) is 13.7 Å². The largest absolute Gasteiger partial charge is 0.497 e. The van der Waals surface area contributed by atoms with Gasteiger partial charge in [-0.15, -0.1) is 0 Å². The highest BCUT2D eigenvalue weighted by Gasteiger charge is 2.22. The molecule has 0 bridgehead atoms. The number of hydrogen-bond donors (Lipinski definition) is 1. The number of carbonyl (C=O) groups excluding carboxylic acids is 1. The Morgan fingerprint density at radius 3 is 2.71 bits per heavy atom. The van der Waals surface area contributed by atoms with Crippen LogP contribution in [0.3, 0.4) is 0 Å². The van der Waals surface area contributed by atoms with Gasteiger partial charge in [0.05, 0.1) is 7.11 Å². The molecule has 5 heteroatoms. The number of ether oxygens (including phenoxy) is 2. The minimum atomic E-state index is -0.471. The molecule has 150 valence electrons. The molecule has 0 aromatic heterocycles. The smallest absolute Gasteiger partial charge is 0.407 e. The Bertz CT molecular complexity index is 829. The van der Waals surface area contributed by atoms with Crippen molar-refractivity contribution in [3.63, 3.8) is 0 Å². The monoisotopic (exact) mass is 399 g/mol. The lowest BCUT2D eigenvalue weighted by Gasteiger charge is -2.27. The van der Waals surface area contributed by atoms with Crippen LogP contribution in [0.25, 0.3) is 0 Å². The average molecular weight is 400 g/mol. The highest BCUT2D eigenvalue weighted by molar-refractivity contribution is 7.99. The van der Waals surface area contributed by atoms with Crippen molar-refractivity contribution in [2.45, 2.75) is 61.3 Å². The molecule has 1 aliphatic carbocycles. The minimum Gasteiger partial charge on any atom is -0.497 e. The summed E-state index contributed by atoms with van der Waals surface area (Å²) in [5.74, 6) is 1.21. The van der Waals surface area contributed by atoms with E-state index >= 15 is 0 Å². The van der Waals surface area contributed by atoms with Gasteiger partial charge < -0.3 is 14.8 Å². The van der Waals surface area contributed by atoms with Crippen LogP contribution < -0.4 is 10.1 Å². The van der Waals surface area contributed by atoms with E-state index in [0.717, 1.165) is 25.0 Å². The second-order valence-electron chi connectivity index (χ2n) is 8.11. The summed E-state index contributed by atoms with van der Waals surface area (Å²) in [5.41, 5.74) is 2.26. The summed E-state index contributed by atoms with van der Waals surface area (Å²) in [6.45, 7) is 6.25. The predicted molar refractivity (Wildman–Crippen MR) is 113 cm³/mol. The first-order chi connectivity index (χ1) is 13.3. The average Bonchev–Trinajstić information content (AvgIpc) is 2.65. The number of nitrogens with one attached hydrogen (secondary N) is 1. The van der Waals surface area contributed by atoms with Crippen LogP contribution >= 0.6 is 11.8 Å². The summed E-state index contributed by atoms with van der Waals surface area (Å²) in [7, 11) is 1.69. The molecule has 2 aromatic rings. The van der Waals surface area contributed by atoms with Gasteiger partial charge in [0.1, 0.15) is 11.4 Å². The highest BCUT2D eigenvalue weighted by Crippen LogP contribution is 2.36. The van der Waals surface area contributed by atoms with Crippen LogP contribution in [0, 0.1) is 0 Å². The van der Waals surface area contributed by atoms with Crippen LogP contribution in [0.5, 0.6) is 5.75 Å². The Hall–Kier alpha value is -2.14. The molecule has 4 nitrogen and oxygen atoms in total. The van der Waals surface area contributed by atoms with Crippen LogP contribution in [-0.4, -0.2) is 25.3 Å². The van der Waals surface area contributed by atoms with Gasteiger partial charge in [0, 0.05) is 22.3 Å². The standard InChI is InChI=1S/C23H29NO3S/c1-23(2,3)27-22(25)24-15-17-8-5-7-16-13-20(11-12-21(16)17)28-19-10-6-9-18(14-19)26-4/h6,9-14,17H,5,7-8,15H2,1-4H3,(H,24,25). The fraction of sp³-hybridized carbons (Fsp3) is 0.435. The van der Waals surface area contributed by atoms with E-state index in [9.17, 15) is 4.79 Å². The fourth-order valence-electron chi connectivity index (χ4n) is 3.49. The lowest BCUT2D eigenvalue weighted by atomic mass is 9.83. The van der Waals surface area contributed by atoms with E-state index < -0.39 is 5.60 Å². The molecule has 28 heavy (non-hydrogen) atoms. The van der Waals surface area contributed by atoms with Crippen molar-refractivity contribution in [3.8, 4) is 5.75 Å². The molecule has 0 saturated carbocycles. The number of aryl methyl sites for hydroxylation is 1. The molecular formula is C23H29NO3S. The van der Waals surface area contributed by atoms with Crippen molar-refractivity contribution < 1.29 is 14.3 Å². The first-order valence-electron chi connectivity index (χ1n) is 9.75. The van der Waals surface area contributed by atoms with E-state index in [1.165, 1.54) is 20.9 Å². The van der Waals surface area contributed by atoms with E-state index in [-0.39, 0.29) is 6.09 Å². The maximum atomic E-state index is 12.0. The molecule has 0 radical (unpaired) electrons. The third kappa shape index (κ3) is 5.68. The van der Waals surface area contributed by atoms with Gasteiger partial charge in [0.15, 0.2) is 0 Å². The summed E-state index contributed by atoms with van der Waals surface area (Å²) >= 11 is 1.75. The highest BCUT2D eigenvalue weighted by atomic mass is 32.2. The van der Waals surface area contributed by atoms with Gasteiger partial charge in [0.2, 0.25) is 0 Å². The van der Waals surface area contributed by atoms with Gasteiger partial charge in [-0.1, -0.05) is 23.9 Å². The number of carbonyl (C=O) groups is 1. The second kappa shape index (κ2) is 8.91. The molecule has 1 unspecified atom stereocenters. The SMILES string of the molecule is COc1cccc(Sc2ccc3c(c2)CCCC3CNC(=O)OC(C)(C)C)c1. The van der Waals surface area contributed by atoms with Gasteiger partial charge in [0.25, 0.3) is 0 Å². The number of methoxy groups -OCH3 is 1. The number of hydrogen-bond acceptors (Lipinski definition) is 4. The van der Waals surface area contributed by atoms with Crippen LogP contribution in [0.2, 0.25) is 0 Å². The first-order valence-corrected chi connectivity index (χ1v) is 10.6. The van der Waals surface area contributed by atoms with Gasteiger partial charge in [-0.3, -0.25) is 0 Å². The molecule has 1 amide bonds. The molecule has 1 atom stereocenters. The van der Waals surface area contributed by atoms with Crippen molar-refractivity contribution in [1.82, 2.24) is 5.32 Å². The third-order valence-corrected chi connectivity index (χ3v) is 5.70. The summed E-state index contributed by atoms with van der Waals surface area (Å²) in [4.78, 5) is 14.4. The maximum absolute atomic E-state index is 12.0. The Morgan fingerprint density at radius 2 is 1.96 bits per heavy atom. The Morgan fingerprint density at radius 1 is 1.18 bits per heavy atom. The molecule has 3 rings (SSSR count). The maximum Gasteiger partial charge on any atom is 0.407 e. The van der Waals surface area contributed by atoms with Crippen molar-refractivity contribution >= 4 is 17.9 Å². The molecule has 1 N–H and O–H groups in total. The van der Waals surface area contributed by atoms with E-state index in [2.05, 4.69) is 35.6 Å². The van der Waals surface area contributed by atoms with E-state index in [1.54, 1.807) is 18.9 Å². The molecule has 0 spiro atoms. The summed E-state index contributed by atoms with van der Waals surface area (Å²) in [6.07, 6.45) is 2.97. The molecular weight excluding hydrogens is 370 g/mol. The van der Waals surface area contributed by atoms with E-state index in [4.69, 9.17) is 9.47 Å². The number of benzene rings is 2. The molecule has 1 aliphatic rings. The molecule has 0 saturated heterocycles. The van der Waals surface area contributed by atoms with Crippen molar-refractivity contribution in [3.05, 3.63) is 53.6 Å². The summed E-state index contributed by atoms with van der Waals surface area (Å²) in [6, 6.07) is 14.8. The van der Waals surface area contributed by atoms with Crippen LogP contribution in [-0.2, 0) is 11.2 Å². The fourth-order valence-corrected chi connectivity index (χ4v) is 4.42. The quantitative estimate of drug-likeness (QED) is 0.691. The Balaban J connectivity index is 1.67. The number of alkyl carbamates (subject to hydrolysis) is 1. The van der Waals surface area contributed by atoms with Gasteiger partial charge >= 0.3 is 6.09 Å². The van der Waals surface area contributed by atoms with Gasteiger partial charge in [-0.05, 0) is 81.5 Å². The zero-order valence-corrected chi connectivity index (χ0v) is 17.9. The van der Waals surface area contributed by atoms with Crippen molar-refractivity contribution in [2.24, 2.45) is 0 Å². The number of fused-ring (bicyclic) bond motifs is 1. The zero-order chi connectivity index (χ0) is 20.1. The first kappa shape index (κ1) is 20.6. The van der Waals surface area contributed by atoms with Crippen LogP contribution in [0.4, 0.5) is 4.79 Å². The van der Waals surface area contributed by atoms with Gasteiger partial charge in [-0.2, -0.15) is 0 Å². The van der Waals surface area contributed by atoms with Crippen LogP contribution in [0.15, 0.2) is 52.3 Å². The lowest BCUT2D eigenvalue weighted by molar-refractivity contribution is 0.0523. The lowest BCUT2D eigenvalue weighted by Crippen LogP contribution is -2.35. The van der Waals surface area contributed by atoms with E-state index in [1.807, 2.05) is 32.9 Å². The molecule has 2 aromatic carbocycles. The van der Waals surface area contributed by atoms with Crippen molar-refractivity contribution in [1.29, 1.82) is 0 Å². The number of amides is 1. The van der Waals surface area contributed by atoms with Crippen LogP contribution in [0.1, 0.15) is 50.7 Å². The van der Waals surface area contributed by atoms with Gasteiger partial charge in [-0.25, -0.2) is 4.79 Å². The Kier molecular flexibility index (Phi) is 6.55. The topological polar surface area (TPSA) is 47.6 Å². The third-order valence-electron chi connectivity index (χ3n) is 4.72.